The highest BCUT2D eigenvalue weighted by atomic mass is 15.3. The van der Waals surface area contributed by atoms with Crippen LogP contribution < -0.4 is 5.43 Å². The highest BCUT2D eigenvalue weighted by molar-refractivity contribution is 5.59. The van der Waals surface area contributed by atoms with Crippen LogP contribution in [0.1, 0.15) is 12.2 Å². The van der Waals surface area contributed by atoms with Gasteiger partial charge in [-0.2, -0.15) is 5.10 Å². The highest BCUT2D eigenvalue weighted by Crippen LogP contribution is 1.85. The molecule has 4 nitrogen and oxygen atoms in total. The fourth-order valence-electron chi connectivity index (χ4n) is 0.858. The predicted molar refractivity (Wildman–Crippen MR) is 57.0 cm³/mol. The zero-order valence-corrected chi connectivity index (χ0v) is 8.06. The monoisotopic (exact) mass is 190 g/mol. The fourth-order valence-corrected chi connectivity index (χ4v) is 0.858. The summed E-state index contributed by atoms with van der Waals surface area (Å²) in [5.74, 6) is 0.779. The van der Waals surface area contributed by atoms with E-state index in [0.717, 1.165) is 18.8 Å². The van der Waals surface area contributed by atoms with E-state index in [0.29, 0.717) is 6.42 Å². The van der Waals surface area contributed by atoms with Gasteiger partial charge in [-0.05, 0) is 12.5 Å². The Morgan fingerprint density at radius 2 is 2.21 bits per heavy atom. The smallest absolute Gasteiger partial charge is 0.133 e. The van der Waals surface area contributed by atoms with Crippen molar-refractivity contribution in [2.75, 3.05) is 6.54 Å². The Bertz CT molecular complexity index is 281. The number of hydrazone groups is 1. The van der Waals surface area contributed by atoms with Crippen molar-refractivity contribution in [1.82, 2.24) is 15.4 Å². The van der Waals surface area contributed by atoms with Crippen LogP contribution in [0.25, 0.3) is 0 Å². The minimum Gasteiger partial charge on any atom is -0.310 e. The summed E-state index contributed by atoms with van der Waals surface area (Å²) >= 11 is 0. The van der Waals surface area contributed by atoms with Crippen molar-refractivity contribution in [1.29, 1.82) is 0 Å². The van der Waals surface area contributed by atoms with Crippen molar-refractivity contribution >= 4 is 6.21 Å². The molecule has 0 aromatic carbocycles. The molecular formula is C10H14N4. The van der Waals surface area contributed by atoms with E-state index in [1.165, 1.54) is 0 Å². The summed E-state index contributed by atoms with van der Waals surface area (Å²) in [6.07, 6.45) is 8.63. The highest BCUT2D eigenvalue weighted by Gasteiger charge is 1.88. The number of aromatic nitrogens is 2. The summed E-state index contributed by atoms with van der Waals surface area (Å²) in [4.78, 5) is 8.13. The number of hydrogen-bond acceptors (Lipinski definition) is 4. The summed E-state index contributed by atoms with van der Waals surface area (Å²) in [6, 6.07) is 1.79. The third kappa shape index (κ3) is 4.35. The lowest BCUT2D eigenvalue weighted by Crippen LogP contribution is -2.07. The molecule has 1 heterocycles. The summed E-state index contributed by atoms with van der Waals surface area (Å²) in [7, 11) is 0. The van der Waals surface area contributed by atoms with Gasteiger partial charge >= 0.3 is 0 Å². The van der Waals surface area contributed by atoms with Gasteiger partial charge in [0.25, 0.3) is 0 Å². The first-order chi connectivity index (χ1) is 6.93. The summed E-state index contributed by atoms with van der Waals surface area (Å²) in [5.41, 5.74) is 2.90. The SMILES string of the molecule is C=CCCN/N=C/Cc1ncccn1. The van der Waals surface area contributed by atoms with Gasteiger partial charge < -0.3 is 5.43 Å². The third-order valence-electron chi connectivity index (χ3n) is 1.54. The Kier molecular flexibility index (Phi) is 5.01. The minimum atomic E-state index is 0.655. The normalized spacial score (nSPS) is 10.3. The van der Waals surface area contributed by atoms with Gasteiger partial charge in [0, 0.05) is 31.6 Å². The van der Waals surface area contributed by atoms with Crippen LogP contribution in [0, 0.1) is 0 Å². The van der Waals surface area contributed by atoms with Gasteiger partial charge in [0.15, 0.2) is 0 Å². The Balaban J connectivity index is 2.17. The van der Waals surface area contributed by atoms with Crippen molar-refractivity contribution < 1.29 is 0 Å². The van der Waals surface area contributed by atoms with E-state index < -0.39 is 0 Å². The minimum absolute atomic E-state index is 0.655. The molecule has 14 heavy (non-hydrogen) atoms. The van der Waals surface area contributed by atoms with Crippen LogP contribution in [0.4, 0.5) is 0 Å². The van der Waals surface area contributed by atoms with Crippen molar-refractivity contribution in [3.8, 4) is 0 Å². The lowest BCUT2D eigenvalue weighted by atomic mass is 10.4. The maximum Gasteiger partial charge on any atom is 0.133 e. The topological polar surface area (TPSA) is 50.2 Å². The second kappa shape index (κ2) is 6.77. The molecule has 74 valence electrons. The van der Waals surface area contributed by atoms with Crippen LogP contribution >= 0.6 is 0 Å². The number of nitrogens with one attached hydrogen (secondary N) is 1. The van der Waals surface area contributed by atoms with Crippen LogP contribution in [0.15, 0.2) is 36.2 Å². The molecule has 1 aromatic heterocycles. The molecule has 0 spiro atoms. The molecule has 1 rings (SSSR count). The molecule has 0 saturated heterocycles. The Morgan fingerprint density at radius 3 is 2.93 bits per heavy atom. The van der Waals surface area contributed by atoms with E-state index in [-0.39, 0.29) is 0 Å². The molecule has 0 saturated carbocycles. The average Bonchev–Trinajstić information content (AvgIpc) is 2.25. The standard InChI is InChI=1S/C10H14N4/c1-2-3-8-13-14-9-5-10-11-6-4-7-12-10/h2,4,6-7,9,13H,1,3,5,8H2/b14-9+. The first-order valence-corrected chi connectivity index (χ1v) is 4.54. The molecule has 0 aliphatic carbocycles. The van der Waals surface area contributed by atoms with Crippen LogP contribution in [0.3, 0.4) is 0 Å². The van der Waals surface area contributed by atoms with E-state index in [2.05, 4.69) is 27.1 Å². The summed E-state index contributed by atoms with van der Waals surface area (Å²) in [6.45, 7) is 4.43. The van der Waals surface area contributed by atoms with Crippen molar-refractivity contribution in [3.63, 3.8) is 0 Å². The predicted octanol–water partition coefficient (Wildman–Crippen LogP) is 1.17. The van der Waals surface area contributed by atoms with Gasteiger partial charge in [0.1, 0.15) is 5.82 Å². The Labute approximate surface area is 83.8 Å². The second-order valence-corrected chi connectivity index (χ2v) is 2.67. The first-order valence-electron chi connectivity index (χ1n) is 4.54. The molecule has 0 aliphatic rings. The van der Waals surface area contributed by atoms with Gasteiger partial charge in [0.05, 0.1) is 0 Å². The lowest BCUT2D eigenvalue weighted by molar-refractivity contribution is 0.743. The Morgan fingerprint density at radius 1 is 1.43 bits per heavy atom. The largest absolute Gasteiger partial charge is 0.310 e. The fraction of sp³-hybridized carbons (Fsp3) is 0.300. The third-order valence-corrected chi connectivity index (χ3v) is 1.54. The van der Waals surface area contributed by atoms with E-state index >= 15 is 0 Å². The van der Waals surface area contributed by atoms with Crippen LogP contribution in [-0.2, 0) is 6.42 Å². The van der Waals surface area contributed by atoms with Gasteiger partial charge in [-0.1, -0.05) is 6.08 Å². The molecule has 0 amide bonds. The van der Waals surface area contributed by atoms with Gasteiger partial charge in [-0.3, -0.25) is 0 Å². The average molecular weight is 190 g/mol. The van der Waals surface area contributed by atoms with E-state index in [1.807, 2.05) is 6.08 Å². The van der Waals surface area contributed by atoms with E-state index in [1.54, 1.807) is 24.7 Å². The summed E-state index contributed by atoms with van der Waals surface area (Å²) < 4.78 is 0. The molecule has 1 aromatic rings. The van der Waals surface area contributed by atoms with Crippen molar-refractivity contribution in [2.45, 2.75) is 12.8 Å². The van der Waals surface area contributed by atoms with Crippen molar-refractivity contribution in [2.24, 2.45) is 5.10 Å². The van der Waals surface area contributed by atoms with Crippen LogP contribution in [0.2, 0.25) is 0 Å². The number of nitrogens with zero attached hydrogens (tertiary/aromatic N) is 3. The molecule has 0 atom stereocenters. The summed E-state index contributed by atoms with van der Waals surface area (Å²) in [5, 5.41) is 4.00. The maximum absolute atomic E-state index is 4.07. The van der Waals surface area contributed by atoms with Crippen molar-refractivity contribution in [3.05, 3.63) is 36.9 Å². The maximum atomic E-state index is 4.07. The molecule has 0 aliphatic heterocycles. The number of rotatable bonds is 6. The van der Waals surface area contributed by atoms with Crippen LogP contribution in [0.5, 0.6) is 0 Å². The zero-order chi connectivity index (χ0) is 10.1. The zero-order valence-electron chi connectivity index (χ0n) is 8.06. The quantitative estimate of drug-likeness (QED) is 0.317. The number of hydrogen-bond donors (Lipinski definition) is 1. The molecular weight excluding hydrogens is 176 g/mol. The van der Waals surface area contributed by atoms with Gasteiger partial charge in [-0.25, -0.2) is 9.97 Å². The van der Waals surface area contributed by atoms with E-state index in [9.17, 15) is 0 Å². The van der Waals surface area contributed by atoms with Crippen LogP contribution in [-0.4, -0.2) is 22.7 Å². The first kappa shape index (κ1) is 10.4. The molecule has 0 fully saturated rings. The second-order valence-electron chi connectivity index (χ2n) is 2.67. The van der Waals surface area contributed by atoms with Gasteiger partial charge in [0.2, 0.25) is 0 Å². The molecule has 0 bridgehead atoms. The molecule has 1 N–H and O–H groups in total. The lowest BCUT2D eigenvalue weighted by Gasteiger charge is -1.95. The molecule has 0 unspecified atom stereocenters. The van der Waals surface area contributed by atoms with E-state index in [4.69, 9.17) is 0 Å². The molecule has 0 radical (unpaired) electrons. The molecule has 4 heteroatoms. The Hall–Kier alpha value is -1.71. The van der Waals surface area contributed by atoms with Gasteiger partial charge in [-0.15, -0.1) is 6.58 Å².